The van der Waals surface area contributed by atoms with Gasteiger partial charge in [0.05, 0.1) is 73.9 Å². The number of pyridine rings is 4. The number of aryl methyl sites for hydroxylation is 4. The lowest BCUT2D eigenvalue weighted by Crippen LogP contribution is -2.47. The molecule has 4 aliphatic rings. The molecule has 18 rings (SSSR count). The number of fused-ring (bicyclic) bond motifs is 6. The molecule has 12 heterocycles. The van der Waals surface area contributed by atoms with Gasteiger partial charge >= 0.3 is 0 Å². The first kappa shape index (κ1) is 76.1. The monoisotopic (exact) mass is 1510 g/mol. The van der Waals surface area contributed by atoms with E-state index in [0.29, 0.717) is 24.2 Å². The molecule has 0 aliphatic carbocycles. The molecule has 0 saturated heterocycles. The third-order valence-corrected chi connectivity index (χ3v) is 23.6. The molecule has 0 saturated carbocycles. The van der Waals surface area contributed by atoms with E-state index >= 15 is 0 Å². The third-order valence-electron chi connectivity index (χ3n) is 23.6. The van der Waals surface area contributed by atoms with Gasteiger partial charge in [-0.1, -0.05) is 78.9 Å². The summed E-state index contributed by atoms with van der Waals surface area (Å²) in [7, 11) is 16.9. The van der Waals surface area contributed by atoms with E-state index in [1.54, 1.807) is 0 Å². The van der Waals surface area contributed by atoms with Crippen molar-refractivity contribution in [2.24, 2.45) is 56.4 Å². The highest BCUT2D eigenvalue weighted by Gasteiger charge is 2.47. The van der Waals surface area contributed by atoms with Crippen LogP contribution < -0.4 is 57.5 Å². The van der Waals surface area contributed by atoms with Crippen molar-refractivity contribution in [2.75, 3.05) is 39.2 Å². The molecule has 19 nitrogen and oxygen atoms in total. The normalized spacial score (nSPS) is 16.2. The summed E-state index contributed by atoms with van der Waals surface area (Å²) in [6.45, 7) is 29.2. The first-order valence-corrected chi connectivity index (χ1v) is 40.0. The molecule has 4 aliphatic heterocycles. The highest BCUT2D eigenvalue weighted by atomic mass is 15.5. The second-order valence-electron chi connectivity index (χ2n) is 31.5. The lowest BCUT2D eigenvalue weighted by atomic mass is 10.2. The summed E-state index contributed by atoms with van der Waals surface area (Å²) in [5.74, 6) is 7.64. The van der Waals surface area contributed by atoms with Crippen molar-refractivity contribution in [3.8, 4) is 45.8 Å². The number of benzene rings is 6. The van der Waals surface area contributed by atoms with Crippen LogP contribution in [0.15, 0.2) is 243 Å². The number of aromatic nitrogens is 11. The van der Waals surface area contributed by atoms with E-state index in [1.807, 2.05) is 38.6 Å². The minimum atomic E-state index is 0.226. The van der Waals surface area contributed by atoms with Crippen LogP contribution in [-0.2, 0) is 56.4 Å². The van der Waals surface area contributed by atoms with Gasteiger partial charge in [0.15, 0.2) is 81.8 Å². The van der Waals surface area contributed by atoms with Crippen molar-refractivity contribution < 1.29 is 18.3 Å². The van der Waals surface area contributed by atoms with Crippen molar-refractivity contribution in [1.29, 1.82) is 0 Å². The Labute approximate surface area is 667 Å². The van der Waals surface area contributed by atoms with Gasteiger partial charge in [0.25, 0.3) is 23.3 Å². The Hall–Kier alpha value is -12.3. The molecule has 8 aromatic heterocycles. The number of nitrogens with zero attached hydrogens (tertiary/aromatic N) is 19. The number of para-hydroxylation sites is 11. The third kappa shape index (κ3) is 13.2. The molecule has 0 bridgehead atoms. The molecule has 0 spiro atoms. The smallest absolute Gasteiger partial charge is 0.283 e. The maximum Gasteiger partial charge on any atom is 0.283 e. The molecule has 4 unspecified atom stereocenters. The molecular weight excluding hydrogens is 1400 g/mol. The zero-order valence-corrected chi connectivity index (χ0v) is 69.7. The zero-order valence-electron chi connectivity index (χ0n) is 69.7. The van der Waals surface area contributed by atoms with Crippen LogP contribution in [0.2, 0.25) is 0 Å². The Morgan fingerprint density at radius 2 is 0.664 bits per heavy atom. The van der Waals surface area contributed by atoms with Crippen LogP contribution in [0.1, 0.15) is 88.9 Å². The van der Waals surface area contributed by atoms with Crippen molar-refractivity contribution in [1.82, 2.24) is 33.2 Å². The van der Waals surface area contributed by atoms with Crippen LogP contribution in [0.5, 0.6) is 0 Å². The molecular formula is C94H111N19+4. The molecule has 0 fully saturated rings. The van der Waals surface area contributed by atoms with E-state index in [9.17, 15) is 0 Å². The Kier molecular flexibility index (Phi) is 20.7. The predicted molar refractivity (Wildman–Crippen MR) is 464 cm³/mol. The minimum Gasteiger partial charge on any atom is -0.341 e. The quantitative estimate of drug-likeness (QED) is 0.109. The van der Waals surface area contributed by atoms with Crippen molar-refractivity contribution in [3.63, 3.8) is 0 Å². The van der Waals surface area contributed by atoms with E-state index in [-0.39, 0.29) is 24.7 Å². The minimum absolute atomic E-state index is 0.226. The number of hydrogen-bond acceptors (Lipinski definition) is 11. The van der Waals surface area contributed by atoms with Gasteiger partial charge in [-0.05, 0) is 211 Å². The summed E-state index contributed by atoms with van der Waals surface area (Å²) in [6.07, 6.45) is 6.75. The Morgan fingerprint density at radius 3 is 1.02 bits per heavy atom. The fourth-order valence-corrected chi connectivity index (χ4v) is 18.2. The summed E-state index contributed by atoms with van der Waals surface area (Å²) in [5.41, 5.74) is 20.5. The zero-order chi connectivity index (χ0) is 79.7. The topological polar surface area (TPSA) is 99.8 Å². The maximum atomic E-state index is 4.93. The summed E-state index contributed by atoms with van der Waals surface area (Å²) in [4.78, 5) is 33.6. The first-order valence-electron chi connectivity index (χ1n) is 40.0. The standard InChI is InChI=1S/C26H29N4.C25H28N5.C22H28N5.C21H26N5/c1-18(2)29-19(3)30(24-14-9-8-13-23(24)29)26-16-10-15-22(28(26)5)25-17-20-11-6-7-12-21(20)27(25)4;1-17(2)29-18(3)30(22-14-9-8-13-21(22)29)24-16-10-15-23(27(24)4)25-26-19-11-6-7-12-20(19)28(25)5;1-15(2)26-17(4)27(20-11-8-7-10-19(20)26)22-13-9-12-18(25(22)6)21-14-23-16(3)24(21)5;1-15(2)25-16(3)26(18-10-7-6-9-17(18)25)20-12-8-11-19(24(20)5)21-22-13-14-23(21)4/h6-19H,1-5H3;6-18H,1-5H3;7-15,17H,1-6H3;6-16H,1-5H3/q4*+1. The maximum absolute atomic E-state index is 4.93. The number of rotatable bonds is 12. The molecule has 0 amide bonds. The van der Waals surface area contributed by atoms with Gasteiger partial charge in [-0.25, -0.2) is 52.8 Å². The van der Waals surface area contributed by atoms with Crippen molar-refractivity contribution >= 4 is 90.7 Å². The highest BCUT2D eigenvalue weighted by molar-refractivity contribution is 5.89. The van der Waals surface area contributed by atoms with Crippen molar-refractivity contribution in [2.45, 2.75) is 139 Å². The predicted octanol–water partition coefficient (Wildman–Crippen LogP) is 17.7. The van der Waals surface area contributed by atoms with E-state index in [0.717, 1.165) is 62.9 Å². The van der Waals surface area contributed by atoms with Crippen LogP contribution in [0, 0.1) is 6.92 Å². The summed E-state index contributed by atoms with van der Waals surface area (Å²) in [6, 6.07) is 81.7. The Bertz CT molecular complexity index is 5620. The van der Waals surface area contributed by atoms with Gasteiger partial charge in [-0.2, -0.15) is 0 Å². The van der Waals surface area contributed by atoms with Crippen LogP contribution >= 0.6 is 0 Å². The lowest BCUT2D eigenvalue weighted by Gasteiger charge is -2.28. The molecule has 0 N–H and O–H groups in total. The first-order chi connectivity index (χ1) is 54.4. The van der Waals surface area contributed by atoms with Gasteiger partial charge < -0.3 is 37.9 Å². The van der Waals surface area contributed by atoms with Crippen LogP contribution in [0.25, 0.3) is 67.7 Å². The Morgan fingerprint density at radius 1 is 0.327 bits per heavy atom. The molecule has 0 radical (unpaired) electrons. The number of anilines is 12. The molecule has 578 valence electrons. The average molecular weight is 1510 g/mol. The summed E-state index contributed by atoms with van der Waals surface area (Å²) in [5, 5.41) is 1.27. The number of imidazole rings is 3. The van der Waals surface area contributed by atoms with Gasteiger partial charge in [0, 0.05) is 99.9 Å². The van der Waals surface area contributed by atoms with Crippen molar-refractivity contribution in [3.05, 3.63) is 249 Å². The molecule has 113 heavy (non-hydrogen) atoms. The fraction of sp³-hybridized carbons (Fsp3) is 0.309. The van der Waals surface area contributed by atoms with E-state index < -0.39 is 0 Å². The number of hydrogen-bond donors (Lipinski definition) is 0. The second-order valence-corrected chi connectivity index (χ2v) is 31.5. The largest absolute Gasteiger partial charge is 0.341 e. The second kappa shape index (κ2) is 30.8. The van der Waals surface area contributed by atoms with E-state index in [1.165, 1.54) is 79.4 Å². The SMILES string of the molecule is CC(C)N1c2ccccc2N(c2cccc(-c3cc4ccccc4n3C)[n+]2C)C1C.CC(C)N1c2ccccc2N(c2cccc(-c3nc4ccccc4n3C)[n+]2C)C1C.CC(C)N1c2ccccc2N(c2cccc(-c3nccn3C)[n+]2C)C1C.Cc1ncc(-c2cccc(N3c4ccccc4N(C(C)C)C3C)[n+]2C)n1C. The van der Waals surface area contributed by atoms with E-state index in [2.05, 4.69) is 437 Å². The fourth-order valence-electron chi connectivity index (χ4n) is 18.2. The van der Waals surface area contributed by atoms with Crippen LogP contribution in [0.3, 0.4) is 0 Å². The van der Waals surface area contributed by atoms with Crippen LogP contribution in [0.4, 0.5) is 68.8 Å². The van der Waals surface area contributed by atoms with Gasteiger partial charge in [0.2, 0.25) is 0 Å². The highest BCUT2D eigenvalue weighted by Crippen LogP contribution is 2.49. The molecule has 19 heteroatoms. The van der Waals surface area contributed by atoms with Gasteiger partial charge in [-0.15, -0.1) is 0 Å². The summed E-state index contributed by atoms with van der Waals surface area (Å²) < 4.78 is 17.8. The average Bonchev–Trinajstić information content (AvgIpc) is 1.62. The van der Waals surface area contributed by atoms with Crippen LogP contribution in [-0.4, -0.2) is 82.1 Å². The van der Waals surface area contributed by atoms with E-state index in [4.69, 9.17) is 4.98 Å². The van der Waals surface area contributed by atoms with Gasteiger partial charge in [-0.3, -0.25) is 0 Å². The Balaban J connectivity index is 0.000000119. The molecule has 6 aromatic carbocycles. The molecule has 14 aromatic rings. The summed E-state index contributed by atoms with van der Waals surface area (Å²) >= 11 is 0. The molecule has 4 atom stereocenters. The lowest BCUT2D eigenvalue weighted by molar-refractivity contribution is -0.648. The van der Waals surface area contributed by atoms with Gasteiger partial charge in [0.1, 0.15) is 11.5 Å².